The highest BCUT2D eigenvalue weighted by Gasteiger charge is 2.22. The van der Waals surface area contributed by atoms with Crippen molar-refractivity contribution >= 4 is 0 Å². The zero-order valence-electron chi connectivity index (χ0n) is 10.5. The van der Waals surface area contributed by atoms with E-state index in [1.165, 1.54) is 11.3 Å². The molecule has 3 nitrogen and oxygen atoms in total. The van der Waals surface area contributed by atoms with E-state index in [0.29, 0.717) is 6.04 Å². The SMILES string of the molecule is CC(C)=C1CN(C(C)C)CCN1CCO. The predicted octanol–water partition coefficient (Wildman–Crippen LogP) is 1.30. The van der Waals surface area contributed by atoms with E-state index in [1.807, 2.05) is 0 Å². The number of allylic oxidation sites excluding steroid dienone is 1. The van der Waals surface area contributed by atoms with Crippen molar-refractivity contribution in [3.63, 3.8) is 0 Å². The lowest BCUT2D eigenvalue weighted by atomic mass is 10.1. The Morgan fingerprint density at radius 3 is 2.47 bits per heavy atom. The zero-order chi connectivity index (χ0) is 11.4. The first kappa shape index (κ1) is 12.5. The maximum atomic E-state index is 9.02. The Morgan fingerprint density at radius 1 is 1.33 bits per heavy atom. The average Bonchev–Trinajstić information content (AvgIpc) is 2.18. The lowest BCUT2D eigenvalue weighted by molar-refractivity contribution is 0.128. The van der Waals surface area contributed by atoms with Gasteiger partial charge in [0.15, 0.2) is 0 Å². The van der Waals surface area contributed by atoms with E-state index in [0.717, 1.165) is 26.2 Å². The van der Waals surface area contributed by atoms with Gasteiger partial charge in [0.2, 0.25) is 0 Å². The first-order valence-corrected chi connectivity index (χ1v) is 5.82. The van der Waals surface area contributed by atoms with Gasteiger partial charge in [0.25, 0.3) is 0 Å². The van der Waals surface area contributed by atoms with Gasteiger partial charge < -0.3 is 10.0 Å². The van der Waals surface area contributed by atoms with E-state index in [9.17, 15) is 0 Å². The summed E-state index contributed by atoms with van der Waals surface area (Å²) in [6.45, 7) is 13.0. The summed E-state index contributed by atoms with van der Waals surface area (Å²) in [5.41, 5.74) is 2.76. The van der Waals surface area contributed by atoms with Crippen LogP contribution in [0.15, 0.2) is 11.3 Å². The van der Waals surface area contributed by atoms with Crippen molar-refractivity contribution in [2.75, 3.05) is 32.8 Å². The predicted molar refractivity (Wildman–Crippen MR) is 63.7 cm³/mol. The van der Waals surface area contributed by atoms with Gasteiger partial charge in [-0.2, -0.15) is 0 Å². The maximum absolute atomic E-state index is 9.02. The molecule has 0 aromatic carbocycles. The van der Waals surface area contributed by atoms with Crippen LogP contribution in [0.5, 0.6) is 0 Å². The third kappa shape index (κ3) is 3.21. The van der Waals surface area contributed by atoms with Gasteiger partial charge in [-0.1, -0.05) is 5.57 Å². The average molecular weight is 212 g/mol. The molecule has 3 heteroatoms. The number of aliphatic hydroxyl groups is 1. The van der Waals surface area contributed by atoms with Crippen LogP contribution in [-0.2, 0) is 0 Å². The van der Waals surface area contributed by atoms with Crippen molar-refractivity contribution in [2.24, 2.45) is 0 Å². The summed E-state index contributed by atoms with van der Waals surface area (Å²) in [6.07, 6.45) is 0. The van der Waals surface area contributed by atoms with Crippen molar-refractivity contribution in [1.29, 1.82) is 0 Å². The molecule has 0 amide bonds. The number of hydrogen-bond acceptors (Lipinski definition) is 3. The molecule has 0 aromatic rings. The Hall–Kier alpha value is -0.540. The second kappa shape index (κ2) is 5.52. The monoisotopic (exact) mass is 212 g/mol. The molecular weight excluding hydrogens is 188 g/mol. The number of β-amino-alcohol motifs (C(OH)–C–C–N with tert-alkyl or cyclic N) is 1. The molecule has 1 heterocycles. The van der Waals surface area contributed by atoms with Crippen LogP contribution in [0, 0.1) is 0 Å². The van der Waals surface area contributed by atoms with Gasteiger partial charge in [-0.15, -0.1) is 0 Å². The molecule has 0 saturated carbocycles. The Balaban J connectivity index is 2.70. The van der Waals surface area contributed by atoms with Gasteiger partial charge in [-0.3, -0.25) is 4.90 Å². The molecule has 1 aliphatic heterocycles. The van der Waals surface area contributed by atoms with Gasteiger partial charge in [-0.05, 0) is 27.7 Å². The Bertz CT molecular complexity index is 232. The standard InChI is InChI=1S/C12H24N2O/c1-10(2)12-9-14(11(3)4)6-5-13(12)7-8-15/h11,15H,5-9H2,1-4H3. The van der Waals surface area contributed by atoms with Crippen LogP contribution >= 0.6 is 0 Å². The molecule has 1 aliphatic rings. The summed E-state index contributed by atoms with van der Waals surface area (Å²) in [5, 5.41) is 9.02. The highest BCUT2D eigenvalue weighted by atomic mass is 16.3. The second-order valence-corrected chi connectivity index (χ2v) is 4.72. The van der Waals surface area contributed by atoms with E-state index < -0.39 is 0 Å². The van der Waals surface area contributed by atoms with Crippen LogP contribution in [0.3, 0.4) is 0 Å². The summed E-state index contributed by atoms with van der Waals surface area (Å²) in [5.74, 6) is 0. The molecule has 0 bridgehead atoms. The van der Waals surface area contributed by atoms with E-state index >= 15 is 0 Å². The van der Waals surface area contributed by atoms with Gasteiger partial charge in [0.1, 0.15) is 0 Å². The molecule has 1 fully saturated rings. The smallest absolute Gasteiger partial charge is 0.0606 e. The Kier molecular flexibility index (Phi) is 4.61. The normalized spacial score (nSPS) is 18.8. The zero-order valence-corrected chi connectivity index (χ0v) is 10.5. The molecule has 15 heavy (non-hydrogen) atoms. The fourth-order valence-corrected chi connectivity index (χ4v) is 2.04. The molecule has 0 atom stereocenters. The molecular formula is C12H24N2O. The lowest BCUT2D eigenvalue weighted by Crippen LogP contribution is -2.48. The molecule has 0 aromatic heterocycles. The van der Waals surface area contributed by atoms with Crippen molar-refractivity contribution in [2.45, 2.75) is 33.7 Å². The van der Waals surface area contributed by atoms with Crippen molar-refractivity contribution in [3.05, 3.63) is 11.3 Å². The minimum absolute atomic E-state index is 0.248. The summed E-state index contributed by atoms with van der Waals surface area (Å²) in [4.78, 5) is 4.80. The first-order valence-electron chi connectivity index (χ1n) is 5.82. The number of piperazine rings is 1. The van der Waals surface area contributed by atoms with Crippen LogP contribution in [0.4, 0.5) is 0 Å². The van der Waals surface area contributed by atoms with Crippen LogP contribution in [0.25, 0.3) is 0 Å². The topological polar surface area (TPSA) is 26.7 Å². The summed E-state index contributed by atoms with van der Waals surface area (Å²) < 4.78 is 0. The van der Waals surface area contributed by atoms with Gasteiger partial charge in [0, 0.05) is 37.9 Å². The van der Waals surface area contributed by atoms with Crippen LogP contribution in [0.1, 0.15) is 27.7 Å². The van der Waals surface area contributed by atoms with Gasteiger partial charge in [-0.25, -0.2) is 0 Å². The van der Waals surface area contributed by atoms with E-state index in [2.05, 4.69) is 37.5 Å². The highest BCUT2D eigenvalue weighted by molar-refractivity contribution is 5.13. The number of nitrogens with zero attached hydrogens (tertiary/aromatic N) is 2. The molecule has 1 saturated heterocycles. The van der Waals surface area contributed by atoms with Gasteiger partial charge >= 0.3 is 0 Å². The quantitative estimate of drug-likeness (QED) is 0.764. The molecule has 0 spiro atoms. The Labute approximate surface area is 93.4 Å². The minimum Gasteiger partial charge on any atom is -0.395 e. The highest BCUT2D eigenvalue weighted by Crippen LogP contribution is 2.18. The minimum atomic E-state index is 0.248. The van der Waals surface area contributed by atoms with Crippen LogP contribution in [-0.4, -0.2) is 53.7 Å². The second-order valence-electron chi connectivity index (χ2n) is 4.72. The maximum Gasteiger partial charge on any atom is 0.0606 e. The third-order valence-electron chi connectivity index (χ3n) is 3.07. The summed E-state index contributed by atoms with van der Waals surface area (Å²) in [6, 6.07) is 0.607. The fourth-order valence-electron chi connectivity index (χ4n) is 2.04. The van der Waals surface area contributed by atoms with E-state index in [4.69, 9.17) is 5.11 Å². The van der Waals surface area contributed by atoms with Crippen molar-refractivity contribution < 1.29 is 5.11 Å². The molecule has 0 unspecified atom stereocenters. The summed E-state index contributed by atoms with van der Waals surface area (Å²) in [7, 11) is 0. The van der Waals surface area contributed by atoms with Crippen molar-refractivity contribution in [3.8, 4) is 0 Å². The first-order chi connectivity index (χ1) is 7.06. The molecule has 1 rings (SSSR count). The summed E-state index contributed by atoms with van der Waals surface area (Å²) >= 11 is 0. The number of rotatable bonds is 3. The van der Waals surface area contributed by atoms with Gasteiger partial charge in [0.05, 0.1) is 6.61 Å². The number of hydrogen-bond donors (Lipinski definition) is 1. The third-order valence-corrected chi connectivity index (χ3v) is 3.07. The molecule has 0 aliphatic carbocycles. The largest absolute Gasteiger partial charge is 0.395 e. The van der Waals surface area contributed by atoms with Crippen LogP contribution < -0.4 is 0 Å². The fraction of sp³-hybridized carbons (Fsp3) is 0.833. The van der Waals surface area contributed by atoms with Crippen molar-refractivity contribution in [1.82, 2.24) is 9.80 Å². The number of aliphatic hydroxyl groups excluding tert-OH is 1. The van der Waals surface area contributed by atoms with E-state index in [1.54, 1.807) is 0 Å². The van der Waals surface area contributed by atoms with Crippen LogP contribution in [0.2, 0.25) is 0 Å². The molecule has 88 valence electrons. The molecule has 1 N–H and O–H groups in total. The molecule has 0 radical (unpaired) electrons. The Morgan fingerprint density at radius 2 is 2.00 bits per heavy atom. The lowest BCUT2D eigenvalue weighted by Gasteiger charge is -2.40. The van der Waals surface area contributed by atoms with E-state index in [-0.39, 0.29) is 6.61 Å².